The normalized spacial score (nSPS) is 22.3. The molecular formula is C13H25N3O3. The largest absolute Gasteiger partial charge is 0.364 e. The summed E-state index contributed by atoms with van der Waals surface area (Å²) in [4.78, 5) is 27.2. The molecule has 0 aliphatic carbocycles. The maximum absolute atomic E-state index is 12.3. The smallest absolute Gasteiger partial charge is 0.252 e. The van der Waals surface area contributed by atoms with Crippen LogP contribution in [0.25, 0.3) is 0 Å². The van der Waals surface area contributed by atoms with Gasteiger partial charge in [0.25, 0.3) is 5.91 Å². The van der Waals surface area contributed by atoms with Crippen LogP contribution in [0.15, 0.2) is 0 Å². The summed E-state index contributed by atoms with van der Waals surface area (Å²) in [7, 11) is 3.38. The Kier molecular flexibility index (Phi) is 6.24. The zero-order valence-corrected chi connectivity index (χ0v) is 12.1. The zero-order valence-electron chi connectivity index (χ0n) is 12.1. The number of rotatable bonds is 6. The van der Waals surface area contributed by atoms with Crippen LogP contribution in [0.3, 0.4) is 0 Å². The van der Waals surface area contributed by atoms with E-state index in [0.717, 1.165) is 12.8 Å². The number of amides is 2. The van der Waals surface area contributed by atoms with Gasteiger partial charge in [0.1, 0.15) is 6.10 Å². The monoisotopic (exact) mass is 271 g/mol. The van der Waals surface area contributed by atoms with Gasteiger partial charge in [0.15, 0.2) is 0 Å². The molecule has 0 saturated carbocycles. The van der Waals surface area contributed by atoms with Crippen LogP contribution in [-0.4, -0.2) is 67.6 Å². The highest BCUT2D eigenvalue weighted by molar-refractivity contribution is 5.87. The lowest BCUT2D eigenvalue weighted by Gasteiger charge is -2.26. The third-order valence-corrected chi connectivity index (χ3v) is 3.28. The fourth-order valence-corrected chi connectivity index (χ4v) is 2.11. The lowest BCUT2D eigenvalue weighted by molar-refractivity contribution is -0.147. The van der Waals surface area contributed by atoms with Crippen LogP contribution >= 0.6 is 0 Å². The first-order chi connectivity index (χ1) is 8.99. The van der Waals surface area contributed by atoms with Crippen molar-refractivity contribution in [3.63, 3.8) is 0 Å². The Morgan fingerprint density at radius 3 is 2.47 bits per heavy atom. The molecule has 2 atom stereocenters. The van der Waals surface area contributed by atoms with Crippen molar-refractivity contribution >= 4 is 11.8 Å². The summed E-state index contributed by atoms with van der Waals surface area (Å²) in [5.41, 5.74) is 5.54. The van der Waals surface area contributed by atoms with Gasteiger partial charge in [0.05, 0.1) is 12.6 Å². The fraction of sp³-hybridized carbons (Fsp3) is 0.846. The molecule has 6 heteroatoms. The molecule has 1 aliphatic heterocycles. The average Bonchev–Trinajstić information content (AvgIpc) is 2.85. The molecule has 6 nitrogen and oxygen atoms in total. The van der Waals surface area contributed by atoms with Gasteiger partial charge in [-0.15, -0.1) is 0 Å². The highest BCUT2D eigenvalue weighted by Gasteiger charge is 2.33. The molecular weight excluding hydrogens is 246 g/mol. The third kappa shape index (κ3) is 4.47. The molecule has 0 aromatic heterocycles. The maximum atomic E-state index is 12.3. The molecule has 0 unspecified atom stereocenters. The number of likely N-dealkylation sites (N-methyl/N-ethyl adjacent to an activating group) is 1. The number of hydrogen-bond acceptors (Lipinski definition) is 4. The van der Waals surface area contributed by atoms with Crippen molar-refractivity contribution in [2.75, 3.05) is 33.7 Å². The summed E-state index contributed by atoms with van der Waals surface area (Å²) < 4.78 is 5.60. The van der Waals surface area contributed by atoms with E-state index < -0.39 is 6.10 Å². The first kappa shape index (κ1) is 15.9. The minimum atomic E-state index is -0.435. The second-order valence-corrected chi connectivity index (χ2v) is 5.11. The van der Waals surface area contributed by atoms with Crippen molar-refractivity contribution in [2.24, 2.45) is 5.73 Å². The minimum Gasteiger partial charge on any atom is -0.364 e. The van der Waals surface area contributed by atoms with E-state index >= 15 is 0 Å². The van der Waals surface area contributed by atoms with E-state index in [-0.39, 0.29) is 24.5 Å². The van der Waals surface area contributed by atoms with Crippen molar-refractivity contribution in [3.8, 4) is 0 Å². The number of nitrogens with zero attached hydrogens (tertiary/aromatic N) is 2. The first-order valence-electron chi connectivity index (χ1n) is 6.84. The maximum Gasteiger partial charge on any atom is 0.252 e. The number of carbonyl (C=O) groups excluding carboxylic acids is 2. The summed E-state index contributed by atoms with van der Waals surface area (Å²) >= 11 is 0. The quantitative estimate of drug-likeness (QED) is 0.727. The second-order valence-electron chi connectivity index (χ2n) is 5.11. The topological polar surface area (TPSA) is 75.9 Å². The predicted molar refractivity (Wildman–Crippen MR) is 72.5 cm³/mol. The molecule has 0 spiro atoms. The molecule has 1 heterocycles. The summed E-state index contributed by atoms with van der Waals surface area (Å²) in [5, 5.41) is 0. The molecule has 110 valence electrons. The Bertz CT molecular complexity index is 320. The molecule has 0 radical (unpaired) electrons. The molecule has 1 rings (SSSR count). The van der Waals surface area contributed by atoms with Crippen LogP contribution in [0.2, 0.25) is 0 Å². The summed E-state index contributed by atoms with van der Waals surface area (Å²) in [6.45, 7) is 3.12. The van der Waals surface area contributed by atoms with Crippen molar-refractivity contribution in [1.82, 2.24) is 9.80 Å². The molecule has 1 aliphatic rings. The third-order valence-electron chi connectivity index (χ3n) is 3.28. The lowest BCUT2D eigenvalue weighted by Crippen LogP contribution is -2.45. The molecule has 0 aromatic rings. The van der Waals surface area contributed by atoms with Crippen LogP contribution < -0.4 is 5.73 Å². The summed E-state index contributed by atoms with van der Waals surface area (Å²) in [6.07, 6.45) is 1.86. The van der Waals surface area contributed by atoms with E-state index in [2.05, 4.69) is 0 Å². The van der Waals surface area contributed by atoms with Crippen molar-refractivity contribution < 1.29 is 14.3 Å². The van der Waals surface area contributed by atoms with Crippen LogP contribution in [0.5, 0.6) is 0 Å². The molecule has 1 fully saturated rings. The second kappa shape index (κ2) is 7.45. The lowest BCUT2D eigenvalue weighted by atomic mass is 10.1. The van der Waals surface area contributed by atoms with Crippen molar-refractivity contribution in [2.45, 2.75) is 38.4 Å². The van der Waals surface area contributed by atoms with Gasteiger partial charge < -0.3 is 20.3 Å². The molecule has 19 heavy (non-hydrogen) atoms. The number of nitrogens with two attached hydrogens (primary N) is 1. The number of ether oxygens (including phenoxy) is 1. The van der Waals surface area contributed by atoms with E-state index in [9.17, 15) is 9.59 Å². The summed E-state index contributed by atoms with van der Waals surface area (Å²) in [6, 6.07) is 0. The molecule has 0 aromatic carbocycles. The van der Waals surface area contributed by atoms with E-state index in [0.29, 0.717) is 19.5 Å². The van der Waals surface area contributed by atoms with Crippen LogP contribution in [0, 0.1) is 0 Å². The van der Waals surface area contributed by atoms with E-state index in [1.807, 2.05) is 6.92 Å². The molecule has 0 bridgehead atoms. The SMILES string of the molecule is CCCN(CC(=O)N(C)C)C(=O)[C@@H]1CC[C@H](CN)O1. The van der Waals surface area contributed by atoms with E-state index in [1.165, 1.54) is 4.90 Å². The van der Waals surface area contributed by atoms with Crippen molar-refractivity contribution in [3.05, 3.63) is 0 Å². The molecule has 2 N–H and O–H groups in total. The van der Waals surface area contributed by atoms with E-state index in [4.69, 9.17) is 10.5 Å². The standard InChI is InChI=1S/C13H25N3O3/c1-4-7-16(9-12(17)15(2)3)13(18)11-6-5-10(8-14)19-11/h10-11H,4-9,14H2,1-3H3/t10-,11+/m1/s1. The Balaban J connectivity index is 2.60. The van der Waals surface area contributed by atoms with Gasteiger partial charge in [-0.1, -0.05) is 6.92 Å². The van der Waals surface area contributed by atoms with Gasteiger partial charge in [-0.25, -0.2) is 0 Å². The van der Waals surface area contributed by atoms with Gasteiger partial charge in [0.2, 0.25) is 5.91 Å². The van der Waals surface area contributed by atoms with Gasteiger partial charge in [-0.2, -0.15) is 0 Å². The Hall–Kier alpha value is -1.14. The van der Waals surface area contributed by atoms with Gasteiger partial charge in [0, 0.05) is 27.2 Å². The first-order valence-corrected chi connectivity index (χ1v) is 6.84. The van der Waals surface area contributed by atoms with Gasteiger partial charge in [-0.05, 0) is 19.3 Å². The highest BCUT2D eigenvalue weighted by atomic mass is 16.5. The van der Waals surface area contributed by atoms with Crippen LogP contribution in [0.1, 0.15) is 26.2 Å². The Labute approximate surface area is 114 Å². The highest BCUT2D eigenvalue weighted by Crippen LogP contribution is 2.20. The summed E-state index contributed by atoms with van der Waals surface area (Å²) in [5.74, 6) is -0.164. The number of carbonyl (C=O) groups is 2. The van der Waals surface area contributed by atoms with Crippen molar-refractivity contribution in [1.29, 1.82) is 0 Å². The van der Waals surface area contributed by atoms with Gasteiger partial charge >= 0.3 is 0 Å². The van der Waals surface area contributed by atoms with Crippen LogP contribution in [0.4, 0.5) is 0 Å². The minimum absolute atomic E-state index is 0.0259. The van der Waals surface area contributed by atoms with Gasteiger partial charge in [-0.3, -0.25) is 9.59 Å². The Morgan fingerprint density at radius 1 is 1.32 bits per heavy atom. The zero-order chi connectivity index (χ0) is 14.4. The Morgan fingerprint density at radius 2 is 2.00 bits per heavy atom. The molecule has 1 saturated heterocycles. The molecule has 2 amide bonds. The number of hydrogen-bond donors (Lipinski definition) is 1. The van der Waals surface area contributed by atoms with E-state index in [1.54, 1.807) is 19.0 Å². The van der Waals surface area contributed by atoms with Crippen LogP contribution in [-0.2, 0) is 14.3 Å². The fourth-order valence-electron chi connectivity index (χ4n) is 2.11. The predicted octanol–water partition coefficient (Wildman–Crippen LogP) is -0.180. The average molecular weight is 271 g/mol.